The minimum absolute atomic E-state index is 0.0466. The Morgan fingerprint density at radius 3 is 2.65 bits per heavy atom. The van der Waals surface area contributed by atoms with E-state index < -0.39 is 5.97 Å². The second-order valence-electron chi connectivity index (χ2n) is 4.98. The lowest BCUT2D eigenvalue weighted by Crippen LogP contribution is -2.26. The van der Waals surface area contributed by atoms with Crippen LogP contribution >= 0.6 is 0 Å². The van der Waals surface area contributed by atoms with E-state index in [1.807, 2.05) is 13.8 Å². The highest BCUT2D eigenvalue weighted by Crippen LogP contribution is 2.34. The Balaban J connectivity index is 2.70. The first-order valence-corrected chi connectivity index (χ1v) is 5.49. The van der Waals surface area contributed by atoms with E-state index in [4.69, 9.17) is 5.11 Å². The first-order valence-electron chi connectivity index (χ1n) is 5.49. The number of nitrogens with zero attached hydrogens (tertiary/aromatic N) is 1. The van der Waals surface area contributed by atoms with Gasteiger partial charge in [0.2, 0.25) is 0 Å². The fourth-order valence-corrected chi connectivity index (χ4v) is 1.76. The van der Waals surface area contributed by atoms with Gasteiger partial charge in [-0.3, -0.25) is 14.6 Å². The molecule has 0 spiro atoms. The second-order valence-corrected chi connectivity index (χ2v) is 4.98. The second kappa shape index (κ2) is 5.12. The number of aliphatic carboxylic acids is 1. The molecule has 17 heavy (non-hydrogen) atoms. The van der Waals surface area contributed by atoms with Gasteiger partial charge in [-0.2, -0.15) is 0 Å². The van der Waals surface area contributed by atoms with Crippen LogP contribution in [-0.2, 0) is 9.59 Å². The van der Waals surface area contributed by atoms with Crippen molar-refractivity contribution in [2.45, 2.75) is 33.1 Å². The number of aliphatic hydroxyl groups is 1. The molecule has 0 atom stereocenters. The van der Waals surface area contributed by atoms with Gasteiger partial charge in [-0.15, -0.1) is 0 Å². The fourth-order valence-electron chi connectivity index (χ4n) is 1.76. The normalized spacial score (nSPS) is 20.0. The zero-order chi connectivity index (χ0) is 13.1. The third-order valence-corrected chi connectivity index (χ3v) is 2.57. The molecule has 2 N–H and O–H groups in total. The van der Waals surface area contributed by atoms with Crippen LogP contribution in [0.2, 0.25) is 0 Å². The molecule has 0 fully saturated rings. The summed E-state index contributed by atoms with van der Waals surface area (Å²) < 4.78 is 0. The molecule has 1 aliphatic rings. The van der Waals surface area contributed by atoms with E-state index in [1.54, 1.807) is 0 Å². The summed E-state index contributed by atoms with van der Waals surface area (Å²) in [5, 5.41) is 18.2. The standard InChI is InChI=1S/C12H17NO4/c1-12(2)5-9(14)8(10(15)6-12)7-13-4-3-11(16)17/h7,14H,3-6H2,1-2H3,(H,16,17). The van der Waals surface area contributed by atoms with Crippen molar-refractivity contribution in [3.8, 4) is 0 Å². The zero-order valence-corrected chi connectivity index (χ0v) is 10.1. The van der Waals surface area contributed by atoms with E-state index in [2.05, 4.69) is 4.99 Å². The highest BCUT2D eigenvalue weighted by molar-refractivity contribution is 6.14. The van der Waals surface area contributed by atoms with Gasteiger partial charge in [0.25, 0.3) is 0 Å². The van der Waals surface area contributed by atoms with Gasteiger partial charge in [-0.25, -0.2) is 0 Å². The molecular formula is C12H17NO4. The highest BCUT2D eigenvalue weighted by atomic mass is 16.4. The summed E-state index contributed by atoms with van der Waals surface area (Å²) in [6.45, 7) is 3.95. The van der Waals surface area contributed by atoms with Crippen molar-refractivity contribution in [1.82, 2.24) is 0 Å². The van der Waals surface area contributed by atoms with E-state index in [-0.39, 0.29) is 35.5 Å². The van der Waals surface area contributed by atoms with Crippen LogP contribution in [-0.4, -0.2) is 34.7 Å². The summed E-state index contributed by atoms with van der Waals surface area (Å²) in [7, 11) is 0. The summed E-state index contributed by atoms with van der Waals surface area (Å²) >= 11 is 0. The largest absolute Gasteiger partial charge is 0.511 e. The fraction of sp³-hybridized carbons (Fsp3) is 0.583. The average Bonchev–Trinajstić information content (AvgIpc) is 2.12. The van der Waals surface area contributed by atoms with Gasteiger partial charge in [-0.05, 0) is 5.41 Å². The van der Waals surface area contributed by atoms with Crippen molar-refractivity contribution in [1.29, 1.82) is 0 Å². The molecule has 94 valence electrons. The Morgan fingerprint density at radius 2 is 2.12 bits per heavy atom. The summed E-state index contributed by atoms with van der Waals surface area (Å²) in [6, 6.07) is 0. The van der Waals surface area contributed by atoms with Crippen molar-refractivity contribution in [3.05, 3.63) is 11.3 Å². The number of rotatable bonds is 4. The lowest BCUT2D eigenvalue weighted by atomic mass is 9.77. The van der Waals surface area contributed by atoms with Gasteiger partial charge >= 0.3 is 5.97 Å². The van der Waals surface area contributed by atoms with Crippen LogP contribution in [0.3, 0.4) is 0 Å². The number of ketones is 1. The molecule has 0 saturated carbocycles. The van der Waals surface area contributed by atoms with Gasteiger partial charge < -0.3 is 10.2 Å². The molecule has 0 saturated heterocycles. The Kier molecular flexibility index (Phi) is 4.04. The van der Waals surface area contributed by atoms with Crippen LogP contribution in [0.5, 0.6) is 0 Å². The van der Waals surface area contributed by atoms with Crippen LogP contribution < -0.4 is 0 Å². The molecule has 1 aliphatic carbocycles. The molecule has 0 aliphatic heterocycles. The quantitative estimate of drug-likeness (QED) is 0.731. The molecule has 0 aromatic carbocycles. The summed E-state index contributed by atoms with van der Waals surface area (Å²) in [6.07, 6.45) is 2.02. The van der Waals surface area contributed by atoms with Gasteiger partial charge in [0, 0.05) is 25.6 Å². The predicted molar refractivity (Wildman–Crippen MR) is 63.3 cm³/mol. The number of carbonyl (C=O) groups excluding carboxylic acids is 1. The van der Waals surface area contributed by atoms with Crippen LogP contribution in [0.1, 0.15) is 33.1 Å². The van der Waals surface area contributed by atoms with E-state index in [0.717, 1.165) is 0 Å². The molecule has 5 nitrogen and oxygen atoms in total. The molecule has 5 heteroatoms. The molecule has 0 aromatic rings. The lowest BCUT2D eigenvalue weighted by molar-refractivity contribution is -0.136. The molecular weight excluding hydrogens is 222 g/mol. The van der Waals surface area contributed by atoms with Crippen molar-refractivity contribution >= 4 is 18.0 Å². The van der Waals surface area contributed by atoms with Crippen LogP contribution in [0.15, 0.2) is 16.3 Å². The number of Topliss-reactive ketones (excluding diaryl/α,β-unsaturated/α-hetero) is 1. The molecule has 0 amide bonds. The Hall–Kier alpha value is -1.65. The average molecular weight is 239 g/mol. The van der Waals surface area contributed by atoms with Gasteiger partial charge in [0.05, 0.1) is 12.0 Å². The number of aliphatic hydroxyl groups excluding tert-OH is 1. The summed E-state index contributed by atoms with van der Waals surface area (Å²) in [4.78, 5) is 25.8. The smallest absolute Gasteiger partial charge is 0.305 e. The minimum Gasteiger partial charge on any atom is -0.511 e. The topological polar surface area (TPSA) is 87.0 Å². The number of carboxylic acids is 1. The van der Waals surface area contributed by atoms with E-state index in [1.165, 1.54) is 6.21 Å². The maximum absolute atomic E-state index is 11.7. The van der Waals surface area contributed by atoms with Gasteiger partial charge in [-0.1, -0.05) is 13.8 Å². The summed E-state index contributed by atoms with van der Waals surface area (Å²) in [5.74, 6) is -1.03. The Morgan fingerprint density at radius 1 is 1.47 bits per heavy atom. The molecule has 0 unspecified atom stereocenters. The van der Waals surface area contributed by atoms with E-state index >= 15 is 0 Å². The van der Waals surface area contributed by atoms with Crippen LogP contribution in [0.25, 0.3) is 0 Å². The molecule has 0 aromatic heterocycles. The molecule has 0 heterocycles. The third-order valence-electron chi connectivity index (χ3n) is 2.57. The maximum atomic E-state index is 11.7. The number of hydrogen-bond donors (Lipinski definition) is 2. The van der Waals surface area contributed by atoms with Crippen LogP contribution in [0.4, 0.5) is 0 Å². The van der Waals surface area contributed by atoms with Gasteiger partial charge in [0.1, 0.15) is 5.76 Å². The lowest BCUT2D eigenvalue weighted by Gasteiger charge is -2.28. The maximum Gasteiger partial charge on any atom is 0.305 e. The third kappa shape index (κ3) is 4.01. The number of carboxylic acid groups (broad SMARTS) is 1. The van der Waals surface area contributed by atoms with Crippen molar-refractivity contribution in [2.75, 3.05) is 6.54 Å². The van der Waals surface area contributed by atoms with Crippen molar-refractivity contribution in [2.24, 2.45) is 10.4 Å². The van der Waals surface area contributed by atoms with Crippen molar-refractivity contribution in [3.63, 3.8) is 0 Å². The van der Waals surface area contributed by atoms with E-state index in [9.17, 15) is 14.7 Å². The first kappa shape index (κ1) is 13.4. The summed E-state index contributed by atoms with van der Waals surface area (Å²) in [5.41, 5.74) is -0.00532. The minimum atomic E-state index is -0.934. The molecule has 1 rings (SSSR count). The number of hydrogen-bond acceptors (Lipinski definition) is 4. The Bertz CT molecular complexity index is 393. The number of allylic oxidation sites excluding steroid dienone is 2. The monoisotopic (exact) mass is 239 g/mol. The van der Waals surface area contributed by atoms with Crippen molar-refractivity contribution < 1.29 is 19.8 Å². The first-order chi connectivity index (χ1) is 7.82. The zero-order valence-electron chi connectivity index (χ0n) is 10.1. The molecule has 0 radical (unpaired) electrons. The SMILES string of the molecule is CC1(C)CC(=O)C(C=NCCC(=O)O)=C(O)C1. The number of aliphatic imine (C=N–C) groups is 1. The van der Waals surface area contributed by atoms with E-state index in [0.29, 0.717) is 12.8 Å². The van der Waals surface area contributed by atoms with Crippen LogP contribution in [0, 0.1) is 5.41 Å². The van der Waals surface area contributed by atoms with Gasteiger partial charge in [0.15, 0.2) is 5.78 Å². The number of carbonyl (C=O) groups is 2. The highest BCUT2D eigenvalue weighted by Gasteiger charge is 2.32. The Labute approximate surface area is 99.9 Å². The predicted octanol–water partition coefficient (Wildman–Crippen LogP) is 1.73. The molecule has 0 bridgehead atoms.